The van der Waals surface area contributed by atoms with Crippen LogP contribution in [0.4, 0.5) is 0 Å². The fourth-order valence-corrected chi connectivity index (χ4v) is 2.47. The number of rotatable bonds is 16. The predicted molar refractivity (Wildman–Crippen MR) is 91.6 cm³/mol. The highest BCUT2D eigenvalue weighted by molar-refractivity contribution is 4.81. The molecule has 20 heavy (non-hydrogen) atoms. The molecule has 0 spiro atoms. The van der Waals surface area contributed by atoms with Gasteiger partial charge in [0.25, 0.3) is 0 Å². The summed E-state index contributed by atoms with van der Waals surface area (Å²) in [7, 11) is 0. The molecule has 0 aromatic heterocycles. The maximum atomic E-state index is 5.23. The van der Waals surface area contributed by atoms with Gasteiger partial charge in [-0.3, -0.25) is 11.3 Å². The van der Waals surface area contributed by atoms with E-state index in [4.69, 9.17) is 5.84 Å². The molecule has 0 aliphatic carbocycles. The average molecular weight is 283 g/mol. The van der Waals surface area contributed by atoms with Crippen LogP contribution in [0.15, 0.2) is 12.2 Å². The summed E-state index contributed by atoms with van der Waals surface area (Å²) in [6.07, 6.45) is 23.8. The molecule has 0 fully saturated rings. The molecule has 0 amide bonds. The van der Waals surface area contributed by atoms with E-state index in [1.54, 1.807) is 0 Å². The van der Waals surface area contributed by atoms with E-state index in [0.29, 0.717) is 0 Å². The third-order valence-electron chi connectivity index (χ3n) is 3.83. The number of hydrogen-bond donors (Lipinski definition) is 2. The van der Waals surface area contributed by atoms with E-state index in [9.17, 15) is 0 Å². The fourth-order valence-electron chi connectivity index (χ4n) is 2.47. The van der Waals surface area contributed by atoms with E-state index in [1.807, 2.05) is 0 Å². The Morgan fingerprint density at radius 3 is 1.60 bits per heavy atom. The van der Waals surface area contributed by atoms with Gasteiger partial charge in [-0.2, -0.15) is 0 Å². The van der Waals surface area contributed by atoms with Crippen LogP contribution >= 0.6 is 0 Å². The lowest BCUT2D eigenvalue weighted by Crippen LogP contribution is -2.22. The number of nitrogens with one attached hydrogen (secondary N) is 1. The van der Waals surface area contributed by atoms with Gasteiger partial charge in [-0.15, -0.1) is 0 Å². The minimum Gasteiger partial charge on any atom is -0.271 e. The zero-order valence-corrected chi connectivity index (χ0v) is 13.8. The van der Waals surface area contributed by atoms with Gasteiger partial charge < -0.3 is 0 Å². The molecular formula is C18H38N2. The Morgan fingerprint density at radius 2 is 1.10 bits per heavy atom. The molecule has 0 rings (SSSR count). The van der Waals surface area contributed by atoms with Crippen LogP contribution in [0.1, 0.15) is 96.8 Å². The first-order valence-corrected chi connectivity index (χ1v) is 9.00. The summed E-state index contributed by atoms with van der Waals surface area (Å²) in [4.78, 5) is 0. The maximum Gasteiger partial charge on any atom is 0.00974 e. The van der Waals surface area contributed by atoms with Crippen LogP contribution in [0.2, 0.25) is 0 Å². The third-order valence-corrected chi connectivity index (χ3v) is 3.83. The van der Waals surface area contributed by atoms with E-state index in [1.165, 1.54) is 89.9 Å². The van der Waals surface area contributed by atoms with E-state index in [0.717, 1.165) is 6.54 Å². The van der Waals surface area contributed by atoms with Crippen molar-refractivity contribution in [3.8, 4) is 0 Å². The number of unbranched alkanes of at least 4 members (excludes halogenated alkanes) is 12. The highest BCUT2D eigenvalue weighted by Crippen LogP contribution is 2.09. The normalized spacial score (nSPS) is 11.5. The molecule has 0 aliphatic rings. The van der Waals surface area contributed by atoms with Crippen LogP contribution < -0.4 is 11.3 Å². The van der Waals surface area contributed by atoms with Gasteiger partial charge in [0.15, 0.2) is 0 Å². The van der Waals surface area contributed by atoms with E-state index < -0.39 is 0 Å². The average Bonchev–Trinajstić information content (AvgIpc) is 2.47. The van der Waals surface area contributed by atoms with Crippen molar-refractivity contribution in [3.05, 3.63) is 12.2 Å². The van der Waals surface area contributed by atoms with Crippen molar-refractivity contribution < 1.29 is 0 Å². The minimum absolute atomic E-state index is 0.960. The Morgan fingerprint density at radius 1 is 0.650 bits per heavy atom. The monoisotopic (exact) mass is 282 g/mol. The van der Waals surface area contributed by atoms with Crippen molar-refractivity contribution in [1.82, 2.24) is 5.43 Å². The van der Waals surface area contributed by atoms with Crippen molar-refractivity contribution in [2.75, 3.05) is 6.54 Å². The second-order valence-corrected chi connectivity index (χ2v) is 5.89. The summed E-state index contributed by atoms with van der Waals surface area (Å²) >= 11 is 0. The first kappa shape index (κ1) is 19.7. The molecule has 120 valence electrons. The van der Waals surface area contributed by atoms with Gasteiger partial charge in [0.2, 0.25) is 0 Å². The number of hydrogen-bond acceptors (Lipinski definition) is 2. The Bertz CT molecular complexity index is 190. The highest BCUT2D eigenvalue weighted by Gasteiger charge is 1.91. The smallest absolute Gasteiger partial charge is 0.00974 e. The van der Waals surface area contributed by atoms with Crippen molar-refractivity contribution in [3.63, 3.8) is 0 Å². The molecule has 2 heteroatoms. The lowest BCUT2D eigenvalue weighted by Gasteiger charge is -2.00. The number of hydrazine groups is 1. The second-order valence-electron chi connectivity index (χ2n) is 5.89. The third kappa shape index (κ3) is 17.7. The summed E-state index contributed by atoms with van der Waals surface area (Å²) in [5.41, 5.74) is 2.71. The van der Waals surface area contributed by atoms with Gasteiger partial charge in [0, 0.05) is 6.54 Å². The number of allylic oxidation sites excluding steroid dienone is 2. The summed E-state index contributed by atoms with van der Waals surface area (Å²) in [5.74, 6) is 5.23. The van der Waals surface area contributed by atoms with Crippen LogP contribution in [-0.4, -0.2) is 6.54 Å². The second kappa shape index (κ2) is 18.7. The standard InChI is InChI=1S/C18H38N2/c1-2-3-4-5-6-7-8-9-10-11-12-13-14-15-16-17-18-20-19/h9-10,20H,2-8,11-19H2,1H3. The van der Waals surface area contributed by atoms with Crippen LogP contribution in [0.25, 0.3) is 0 Å². The Kier molecular flexibility index (Phi) is 18.3. The van der Waals surface area contributed by atoms with Crippen molar-refractivity contribution in [1.29, 1.82) is 0 Å². The molecule has 0 aromatic carbocycles. The molecule has 0 aliphatic heterocycles. The maximum absolute atomic E-state index is 5.23. The fraction of sp³-hybridized carbons (Fsp3) is 0.889. The van der Waals surface area contributed by atoms with Gasteiger partial charge in [0.05, 0.1) is 0 Å². The lowest BCUT2D eigenvalue weighted by molar-refractivity contribution is 0.574. The summed E-state index contributed by atoms with van der Waals surface area (Å²) in [5, 5.41) is 0. The Balaban J connectivity index is 3.01. The Labute approximate surface area is 127 Å². The summed E-state index contributed by atoms with van der Waals surface area (Å²) in [6.45, 7) is 3.24. The SMILES string of the molecule is CCCCCCCCC=CCCCCCCCCNN. The first-order chi connectivity index (χ1) is 9.91. The molecule has 0 heterocycles. The Hall–Kier alpha value is -0.340. The van der Waals surface area contributed by atoms with Gasteiger partial charge in [-0.1, -0.05) is 76.9 Å². The molecule has 2 nitrogen and oxygen atoms in total. The highest BCUT2D eigenvalue weighted by atomic mass is 15.2. The lowest BCUT2D eigenvalue weighted by atomic mass is 10.1. The zero-order chi connectivity index (χ0) is 14.7. The first-order valence-electron chi connectivity index (χ1n) is 9.00. The zero-order valence-electron chi connectivity index (χ0n) is 13.8. The summed E-state index contributed by atoms with van der Waals surface area (Å²) in [6, 6.07) is 0. The molecule has 3 N–H and O–H groups in total. The van der Waals surface area contributed by atoms with E-state index in [-0.39, 0.29) is 0 Å². The van der Waals surface area contributed by atoms with E-state index >= 15 is 0 Å². The quantitative estimate of drug-likeness (QED) is 0.170. The topological polar surface area (TPSA) is 38.0 Å². The van der Waals surface area contributed by atoms with Crippen LogP contribution in [0, 0.1) is 0 Å². The molecule has 0 radical (unpaired) electrons. The molecule has 0 bridgehead atoms. The van der Waals surface area contributed by atoms with Gasteiger partial charge >= 0.3 is 0 Å². The van der Waals surface area contributed by atoms with E-state index in [2.05, 4.69) is 24.5 Å². The molecule has 0 saturated heterocycles. The summed E-state index contributed by atoms with van der Waals surface area (Å²) < 4.78 is 0. The molecule has 0 atom stereocenters. The van der Waals surface area contributed by atoms with Crippen LogP contribution in [0.3, 0.4) is 0 Å². The van der Waals surface area contributed by atoms with Gasteiger partial charge in [-0.05, 0) is 32.1 Å². The van der Waals surface area contributed by atoms with Crippen LogP contribution in [-0.2, 0) is 0 Å². The molecule has 0 aromatic rings. The predicted octanol–water partition coefficient (Wildman–Crippen LogP) is 5.49. The van der Waals surface area contributed by atoms with Crippen molar-refractivity contribution in [2.45, 2.75) is 96.8 Å². The van der Waals surface area contributed by atoms with Crippen molar-refractivity contribution in [2.24, 2.45) is 5.84 Å². The van der Waals surface area contributed by atoms with Gasteiger partial charge in [-0.25, -0.2) is 0 Å². The largest absolute Gasteiger partial charge is 0.271 e. The van der Waals surface area contributed by atoms with Crippen molar-refractivity contribution >= 4 is 0 Å². The minimum atomic E-state index is 0.960. The van der Waals surface area contributed by atoms with Crippen LogP contribution in [0.5, 0.6) is 0 Å². The molecule has 0 unspecified atom stereocenters. The molecular weight excluding hydrogens is 244 g/mol. The molecule has 0 saturated carbocycles. The number of nitrogens with two attached hydrogens (primary N) is 1. The van der Waals surface area contributed by atoms with Gasteiger partial charge in [0.1, 0.15) is 0 Å².